The van der Waals surface area contributed by atoms with Gasteiger partial charge in [-0.1, -0.05) is 0 Å². The normalized spacial score (nSPS) is 15.3. The van der Waals surface area contributed by atoms with E-state index < -0.39 is 18.1 Å². The first-order chi connectivity index (χ1) is 16.2. The molecule has 12 heteroatoms. The molecule has 1 saturated heterocycles. The third-order valence-electron chi connectivity index (χ3n) is 5.53. The summed E-state index contributed by atoms with van der Waals surface area (Å²) in [6.45, 7) is 4.40. The molecule has 1 unspecified atom stereocenters. The molecule has 0 bridgehead atoms. The molecular weight excluding hydrogens is 451 g/mol. The quantitative estimate of drug-likeness (QED) is 0.529. The number of alkyl halides is 3. The fourth-order valence-corrected chi connectivity index (χ4v) is 3.71. The molecule has 1 aliphatic heterocycles. The molecule has 0 spiro atoms. The number of hydrogen-bond acceptors (Lipinski definition) is 7. The highest BCUT2D eigenvalue weighted by molar-refractivity contribution is 5.73. The van der Waals surface area contributed by atoms with E-state index in [2.05, 4.69) is 25.3 Å². The van der Waals surface area contributed by atoms with E-state index in [1.165, 1.54) is 16.9 Å². The lowest BCUT2D eigenvalue weighted by atomic mass is 10.1. The van der Waals surface area contributed by atoms with Crippen LogP contribution in [0.15, 0.2) is 49.1 Å². The molecule has 34 heavy (non-hydrogen) atoms. The topological polar surface area (TPSA) is 99.4 Å². The van der Waals surface area contributed by atoms with Crippen LogP contribution in [0.1, 0.15) is 12.6 Å². The molecule has 0 aromatic carbocycles. The average Bonchev–Trinajstić information content (AvgIpc) is 3.27. The fourth-order valence-electron chi connectivity index (χ4n) is 3.71. The molecule has 4 rings (SSSR count). The molecule has 3 aromatic rings. The highest BCUT2D eigenvalue weighted by Gasteiger charge is 2.32. The van der Waals surface area contributed by atoms with Crippen LogP contribution in [0.25, 0.3) is 11.1 Å². The summed E-state index contributed by atoms with van der Waals surface area (Å²) in [7, 11) is 0. The Hall–Kier alpha value is -3.67. The maximum absolute atomic E-state index is 12.9. The minimum absolute atomic E-state index is 0.0631. The van der Waals surface area contributed by atoms with Gasteiger partial charge in [-0.25, -0.2) is 4.98 Å². The predicted molar refractivity (Wildman–Crippen MR) is 119 cm³/mol. The fraction of sp³-hybridized carbons (Fsp3) is 0.364. The summed E-state index contributed by atoms with van der Waals surface area (Å²) in [5.41, 5.74) is 0.759. The number of rotatable bonds is 6. The Morgan fingerprint density at radius 2 is 1.88 bits per heavy atom. The highest BCUT2D eigenvalue weighted by atomic mass is 19.4. The lowest BCUT2D eigenvalue weighted by molar-refractivity contribution is -0.141. The zero-order valence-corrected chi connectivity index (χ0v) is 18.4. The molecule has 180 valence electrons. The number of pyridine rings is 2. The van der Waals surface area contributed by atoms with Gasteiger partial charge in [-0.2, -0.15) is 18.3 Å². The molecule has 1 atom stereocenters. The summed E-state index contributed by atoms with van der Waals surface area (Å²) >= 11 is 0. The van der Waals surface area contributed by atoms with E-state index in [1.807, 2.05) is 6.07 Å². The van der Waals surface area contributed by atoms with Crippen molar-refractivity contribution in [2.45, 2.75) is 25.9 Å². The van der Waals surface area contributed by atoms with Crippen molar-refractivity contribution in [3.63, 3.8) is 0 Å². The van der Waals surface area contributed by atoms with Crippen LogP contribution < -0.4 is 10.2 Å². The molecule has 0 aliphatic carbocycles. The zero-order chi connectivity index (χ0) is 24.3. The highest BCUT2D eigenvalue weighted by Crippen LogP contribution is 2.30. The van der Waals surface area contributed by atoms with Gasteiger partial charge in [0.2, 0.25) is 5.91 Å². The van der Waals surface area contributed by atoms with E-state index in [-0.39, 0.29) is 12.5 Å². The third-order valence-corrected chi connectivity index (χ3v) is 5.53. The van der Waals surface area contributed by atoms with E-state index in [0.29, 0.717) is 30.0 Å². The molecule has 1 fully saturated rings. The first kappa shape index (κ1) is 23.5. The predicted octanol–water partition coefficient (Wildman–Crippen LogP) is 2.46. The second-order valence-electron chi connectivity index (χ2n) is 7.93. The average molecular weight is 475 g/mol. The van der Waals surface area contributed by atoms with Crippen LogP contribution in [-0.2, 0) is 17.5 Å². The Morgan fingerprint density at radius 1 is 1.12 bits per heavy atom. The van der Waals surface area contributed by atoms with Crippen LogP contribution in [0.3, 0.4) is 0 Å². The lowest BCUT2D eigenvalue weighted by Gasteiger charge is -2.35. The van der Waals surface area contributed by atoms with Crippen LogP contribution in [-0.4, -0.2) is 68.1 Å². The van der Waals surface area contributed by atoms with E-state index in [9.17, 15) is 23.1 Å². The molecule has 2 N–H and O–H groups in total. The van der Waals surface area contributed by atoms with Gasteiger partial charge in [0.25, 0.3) is 0 Å². The largest absolute Gasteiger partial charge is 0.433 e. The van der Waals surface area contributed by atoms with Crippen molar-refractivity contribution in [3.05, 3.63) is 54.7 Å². The summed E-state index contributed by atoms with van der Waals surface area (Å²) in [5, 5.41) is 17.4. The maximum Gasteiger partial charge on any atom is 0.433 e. The summed E-state index contributed by atoms with van der Waals surface area (Å²) in [4.78, 5) is 23.1. The SMILES string of the molecule is CC(=O)N1CCN(c2ccc(NC(O)Cn3cc(-c4ccnc(C(F)(F)F)c4)cn3)nc2)CC1. The molecular formula is C22H24F3N7O2. The van der Waals surface area contributed by atoms with E-state index >= 15 is 0 Å². The van der Waals surface area contributed by atoms with E-state index in [1.54, 1.807) is 30.3 Å². The van der Waals surface area contributed by atoms with Gasteiger partial charge in [-0.3, -0.25) is 14.5 Å². The Kier molecular flexibility index (Phi) is 6.68. The second-order valence-corrected chi connectivity index (χ2v) is 7.93. The van der Waals surface area contributed by atoms with Crippen molar-refractivity contribution in [1.82, 2.24) is 24.6 Å². The minimum Gasteiger partial charge on any atom is -0.372 e. The summed E-state index contributed by atoms with van der Waals surface area (Å²) in [5.74, 6) is 0.539. The van der Waals surface area contributed by atoms with Crippen molar-refractivity contribution < 1.29 is 23.1 Å². The first-order valence-electron chi connectivity index (χ1n) is 10.7. The molecule has 0 saturated carbocycles. The molecule has 9 nitrogen and oxygen atoms in total. The Labute approximate surface area is 193 Å². The Balaban J connectivity index is 1.33. The van der Waals surface area contributed by atoms with Gasteiger partial charge in [0.05, 0.1) is 24.6 Å². The van der Waals surface area contributed by atoms with Crippen LogP contribution in [0.4, 0.5) is 24.7 Å². The number of aliphatic hydroxyl groups excluding tert-OH is 1. The number of carbonyl (C=O) groups excluding carboxylic acids is 1. The number of aromatic nitrogens is 4. The number of halogens is 3. The van der Waals surface area contributed by atoms with Crippen molar-refractivity contribution in [2.75, 3.05) is 36.4 Å². The lowest BCUT2D eigenvalue weighted by Crippen LogP contribution is -2.48. The summed E-state index contributed by atoms with van der Waals surface area (Å²) in [6, 6.07) is 6.07. The smallest absolute Gasteiger partial charge is 0.372 e. The van der Waals surface area contributed by atoms with E-state index in [0.717, 1.165) is 31.0 Å². The standard InChI is InChI=1S/C22H24F3N7O2/c1-15(33)30-6-8-31(9-7-30)18-2-3-20(27-12-18)29-21(34)14-32-13-17(11-28-32)16-4-5-26-19(10-16)22(23,24)25/h2-5,10-13,21,34H,6-9,14H2,1H3,(H,27,29). The van der Waals surface area contributed by atoms with Crippen LogP contribution >= 0.6 is 0 Å². The van der Waals surface area contributed by atoms with Gasteiger partial charge in [-0.15, -0.1) is 0 Å². The number of hydrogen-bond donors (Lipinski definition) is 2. The molecule has 1 aliphatic rings. The molecule has 4 heterocycles. The van der Waals surface area contributed by atoms with Crippen molar-refractivity contribution >= 4 is 17.4 Å². The van der Waals surface area contributed by atoms with Gasteiger partial charge in [0, 0.05) is 51.1 Å². The number of anilines is 2. The molecule has 3 aromatic heterocycles. The number of carbonyl (C=O) groups is 1. The maximum atomic E-state index is 12.9. The zero-order valence-electron chi connectivity index (χ0n) is 18.4. The summed E-state index contributed by atoms with van der Waals surface area (Å²) < 4.78 is 40.1. The Morgan fingerprint density at radius 3 is 2.53 bits per heavy atom. The molecule has 1 amide bonds. The minimum atomic E-state index is -4.53. The number of amides is 1. The van der Waals surface area contributed by atoms with Gasteiger partial charge >= 0.3 is 6.18 Å². The second kappa shape index (κ2) is 9.67. The third kappa shape index (κ3) is 5.63. The van der Waals surface area contributed by atoms with Crippen LogP contribution in [0.5, 0.6) is 0 Å². The number of nitrogens with one attached hydrogen (secondary N) is 1. The van der Waals surface area contributed by atoms with Crippen molar-refractivity contribution in [3.8, 4) is 11.1 Å². The van der Waals surface area contributed by atoms with Crippen LogP contribution in [0.2, 0.25) is 0 Å². The van der Waals surface area contributed by atoms with Gasteiger partial charge in [-0.05, 0) is 29.8 Å². The summed E-state index contributed by atoms with van der Waals surface area (Å²) in [6.07, 6.45) is 0.237. The van der Waals surface area contributed by atoms with Gasteiger partial charge in [0.1, 0.15) is 17.7 Å². The van der Waals surface area contributed by atoms with Crippen molar-refractivity contribution in [2.24, 2.45) is 0 Å². The molecule has 0 radical (unpaired) electrons. The van der Waals surface area contributed by atoms with Crippen molar-refractivity contribution in [1.29, 1.82) is 0 Å². The number of piperazine rings is 1. The van der Waals surface area contributed by atoms with Gasteiger partial charge < -0.3 is 20.2 Å². The van der Waals surface area contributed by atoms with E-state index in [4.69, 9.17) is 0 Å². The number of aliphatic hydroxyl groups is 1. The number of nitrogens with zero attached hydrogens (tertiary/aromatic N) is 6. The van der Waals surface area contributed by atoms with Gasteiger partial charge in [0.15, 0.2) is 0 Å². The Bertz CT molecular complexity index is 1130. The monoisotopic (exact) mass is 475 g/mol. The van der Waals surface area contributed by atoms with Crippen LogP contribution in [0, 0.1) is 0 Å². The first-order valence-corrected chi connectivity index (χ1v) is 10.7.